The van der Waals surface area contributed by atoms with Gasteiger partial charge >= 0.3 is 5.97 Å². The topological polar surface area (TPSA) is 38.3 Å². The Hall–Kier alpha value is -1.22. The van der Waals surface area contributed by atoms with Crippen LogP contribution in [0.2, 0.25) is 5.02 Å². The predicted molar refractivity (Wildman–Crippen MR) is 82.5 cm³/mol. The molecular formula is C16H22ClNO2. The summed E-state index contributed by atoms with van der Waals surface area (Å²) in [5, 5.41) is 4.04. The number of methoxy groups -OCH3 is 1. The highest BCUT2D eigenvalue weighted by Crippen LogP contribution is 2.27. The highest BCUT2D eigenvalue weighted by atomic mass is 35.5. The van der Waals surface area contributed by atoms with E-state index >= 15 is 0 Å². The van der Waals surface area contributed by atoms with E-state index in [4.69, 9.17) is 16.3 Å². The molecule has 0 saturated heterocycles. The summed E-state index contributed by atoms with van der Waals surface area (Å²) >= 11 is 5.97. The van der Waals surface area contributed by atoms with Gasteiger partial charge in [0.15, 0.2) is 0 Å². The molecule has 1 N–H and O–H groups in total. The highest BCUT2D eigenvalue weighted by molar-refractivity contribution is 6.31. The molecule has 1 aliphatic rings. The predicted octanol–water partition coefficient (Wildman–Crippen LogP) is 4.51. The van der Waals surface area contributed by atoms with Gasteiger partial charge in [0.1, 0.15) is 0 Å². The second-order valence-corrected chi connectivity index (χ2v) is 6.07. The van der Waals surface area contributed by atoms with E-state index in [-0.39, 0.29) is 5.97 Å². The minimum absolute atomic E-state index is 0.350. The number of esters is 1. The van der Waals surface area contributed by atoms with E-state index < -0.39 is 0 Å². The lowest BCUT2D eigenvalue weighted by Crippen LogP contribution is -2.20. The molecule has 3 nitrogen and oxygen atoms in total. The summed E-state index contributed by atoms with van der Waals surface area (Å²) in [6.45, 7) is 2.31. The van der Waals surface area contributed by atoms with Crippen molar-refractivity contribution in [3.8, 4) is 0 Å². The number of nitrogens with one attached hydrogen (secondary N) is 1. The number of rotatable bonds is 3. The number of anilines is 1. The Balaban J connectivity index is 2.14. The number of hydrogen-bond donors (Lipinski definition) is 1. The zero-order chi connectivity index (χ0) is 14.5. The third-order valence-corrected chi connectivity index (χ3v) is 4.24. The molecule has 0 spiro atoms. The Kier molecular flexibility index (Phi) is 5.30. The molecule has 1 aromatic carbocycles. The van der Waals surface area contributed by atoms with E-state index in [0.717, 1.165) is 24.4 Å². The van der Waals surface area contributed by atoms with Gasteiger partial charge in [0.25, 0.3) is 0 Å². The van der Waals surface area contributed by atoms with Gasteiger partial charge in [-0.2, -0.15) is 0 Å². The van der Waals surface area contributed by atoms with Crippen LogP contribution in [0.3, 0.4) is 0 Å². The lowest BCUT2D eigenvalue weighted by atomic mass is 10.0. The largest absolute Gasteiger partial charge is 0.465 e. The molecule has 1 saturated carbocycles. The minimum atomic E-state index is -0.350. The van der Waals surface area contributed by atoms with Gasteiger partial charge in [-0.15, -0.1) is 0 Å². The second-order valence-electron chi connectivity index (χ2n) is 5.64. The molecule has 0 aromatic heterocycles. The monoisotopic (exact) mass is 295 g/mol. The standard InChI is InChI=1S/C16H22ClNO2/c1-11-4-3-5-13(8-6-11)18-15-9-7-12(17)10-14(15)16(19)20-2/h7,9-11,13,18H,3-6,8H2,1-2H3. The average Bonchev–Trinajstić information content (AvgIpc) is 2.65. The summed E-state index contributed by atoms with van der Waals surface area (Å²) in [7, 11) is 1.39. The maximum absolute atomic E-state index is 11.8. The van der Waals surface area contributed by atoms with Crippen LogP contribution in [0.5, 0.6) is 0 Å². The molecule has 1 aliphatic carbocycles. The van der Waals surface area contributed by atoms with Crippen molar-refractivity contribution in [2.24, 2.45) is 5.92 Å². The number of benzene rings is 1. The van der Waals surface area contributed by atoms with Crippen LogP contribution in [0, 0.1) is 5.92 Å². The normalized spacial score (nSPS) is 22.9. The van der Waals surface area contributed by atoms with Crippen molar-refractivity contribution in [3.05, 3.63) is 28.8 Å². The molecule has 0 bridgehead atoms. The van der Waals surface area contributed by atoms with Crippen LogP contribution in [0.1, 0.15) is 49.4 Å². The van der Waals surface area contributed by atoms with Crippen molar-refractivity contribution in [2.75, 3.05) is 12.4 Å². The van der Waals surface area contributed by atoms with Crippen molar-refractivity contribution >= 4 is 23.3 Å². The van der Waals surface area contributed by atoms with Crippen LogP contribution in [0.25, 0.3) is 0 Å². The third-order valence-electron chi connectivity index (χ3n) is 4.00. The fourth-order valence-corrected chi connectivity index (χ4v) is 2.94. The molecule has 0 amide bonds. The first kappa shape index (κ1) is 15.2. The SMILES string of the molecule is COC(=O)c1cc(Cl)ccc1NC1CCCC(C)CC1. The van der Waals surface area contributed by atoms with E-state index in [0.29, 0.717) is 16.6 Å². The van der Waals surface area contributed by atoms with Crippen LogP contribution < -0.4 is 5.32 Å². The Morgan fingerprint density at radius 1 is 1.30 bits per heavy atom. The molecule has 0 aliphatic heterocycles. The van der Waals surface area contributed by atoms with E-state index in [9.17, 15) is 4.79 Å². The molecule has 1 fully saturated rings. The van der Waals surface area contributed by atoms with Crippen LogP contribution in [-0.4, -0.2) is 19.1 Å². The zero-order valence-corrected chi connectivity index (χ0v) is 12.9. The second kappa shape index (κ2) is 6.98. The van der Waals surface area contributed by atoms with Crippen molar-refractivity contribution in [1.82, 2.24) is 0 Å². The molecule has 1 aromatic rings. The number of ether oxygens (including phenoxy) is 1. The van der Waals surface area contributed by atoms with Crippen LogP contribution >= 0.6 is 11.6 Å². The molecule has 20 heavy (non-hydrogen) atoms. The van der Waals surface area contributed by atoms with Crippen molar-refractivity contribution < 1.29 is 9.53 Å². The first-order valence-corrected chi connectivity index (χ1v) is 7.62. The summed E-state index contributed by atoms with van der Waals surface area (Å²) in [6.07, 6.45) is 6.05. The van der Waals surface area contributed by atoms with Crippen molar-refractivity contribution in [3.63, 3.8) is 0 Å². The van der Waals surface area contributed by atoms with Gasteiger partial charge < -0.3 is 10.1 Å². The molecular weight excluding hydrogens is 274 g/mol. The zero-order valence-electron chi connectivity index (χ0n) is 12.1. The van der Waals surface area contributed by atoms with Crippen molar-refractivity contribution in [1.29, 1.82) is 0 Å². The van der Waals surface area contributed by atoms with Gasteiger partial charge in [-0.3, -0.25) is 0 Å². The molecule has 0 radical (unpaired) electrons. The summed E-state index contributed by atoms with van der Waals surface area (Å²) in [5.41, 5.74) is 1.33. The van der Waals surface area contributed by atoms with Gasteiger partial charge in [-0.1, -0.05) is 31.4 Å². The first-order valence-electron chi connectivity index (χ1n) is 7.24. The van der Waals surface area contributed by atoms with E-state index in [1.807, 2.05) is 6.07 Å². The molecule has 110 valence electrons. The molecule has 2 atom stereocenters. The van der Waals surface area contributed by atoms with Crippen molar-refractivity contribution in [2.45, 2.75) is 45.1 Å². The van der Waals surface area contributed by atoms with Gasteiger partial charge in [-0.05, 0) is 43.4 Å². The maximum Gasteiger partial charge on any atom is 0.340 e. The highest BCUT2D eigenvalue weighted by Gasteiger charge is 2.19. The number of halogens is 1. The van der Waals surface area contributed by atoms with Crippen LogP contribution in [-0.2, 0) is 4.74 Å². The summed E-state index contributed by atoms with van der Waals surface area (Å²) in [4.78, 5) is 11.8. The fraction of sp³-hybridized carbons (Fsp3) is 0.562. The Bertz CT molecular complexity index is 476. The lowest BCUT2D eigenvalue weighted by Gasteiger charge is -2.19. The molecule has 4 heteroatoms. The Morgan fingerprint density at radius 3 is 2.85 bits per heavy atom. The fourth-order valence-electron chi connectivity index (χ4n) is 2.77. The van der Waals surface area contributed by atoms with E-state index in [2.05, 4.69) is 12.2 Å². The lowest BCUT2D eigenvalue weighted by molar-refractivity contribution is 0.0602. The van der Waals surface area contributed by atoms with Gasteiger partial charge in [-0.25, -0.2) is 4.79 Å². The van der Waals surface area contributed by atoms with Crippen LogP contribution in [0.4, 0.5) is 5.69 Å². The van der Waals surface area contributed by atoms with Gasteiger partial charge in [0.2, 0.25) is 0 Å². The Labute approximate surface area is 125 Å². The maximum atomic E-state index is 11.8. The first-order chi connectivity index (χ1) is 9.60. The average molecular weight is 296 g/mol. The smallest absolute Gasteiger partial charge is 0.340 e. The number of carbonyl (C=O) groups is 1. The summed E-state index contributed by atoms with van der Waals surface area (Å²) < 4.78 is 4.83. The quantitative estimate of drug-likeness (QED) is 0.659. The van der Waals surface area contributed by atoms with Crippen LogP contribution in [0.15, 0.2) is 18.2 Å². The molecule has 0 heterocycles. The van der Waals surface area contributed by atoms with E-state index in [1.165, 1.54) is 26.4 Å². The van der Waals surface area contributed by atoms with Gasteiger partial charge in [0.05, 0.1) is 12.7 Å². The molecule has 2 unspecified atom stereocenters. The third kappa shape index (κ3) is 3.89. The number of carbonyl (C=O) groups excluding carboxylic acids is 1. The minimum Gasteiger partial charge on any atom is -0.465 e. The summed E-state index contributed by atoms with van der Waals surface area (Å²) in [6, 6.07) is 5.75. The summed E-state index contributed by atoms with van der Waals surface area (Å²) in [5.74, 6) is 0.448. The Morgan fingerprint density at radius 2 is 2.10 bits per heavy atom. The van der Waals surface area contributed by atoms with E-state index in [1.54, 1.807) is 12.1 Å². The number of hydrogen-bond acceptors (Lipinski definition) is 3. The van der Waals surface area contributed by atoms with Gasteiger partial charge in [0, 0.05) is 16.8 Å². The molecule has 2 rings (SSSR count).